The summed E-state index contributed by atoms with van der Waals surface area (Å²) in [5, 5.41) is 0.958. The van der Waals surface area contributed by atoms with Gasteiger partial charge in [0.2, 0.25) is 0 Å². The van der Waals surface area contributed by atoms with Crippen molar-refractivity contribution in [3.8, 4) is 0 Å². The highest BCUT2D eigenvalue weighted by molar-refractivity contribution is 7.99. The molecule has 0 amide bonds. The van der Waals surface area contributed by atoms with Crippen LogP contribution in [-0.2, 0) is 7.05 Å². The topological polar surface area (TPSA) is 41.4 Å². The highest BCUT2D eigenvalue weighted by Crippen LogP contribution is 2.44. The lowest BCUT2D eigenvalue weighted by Crippen LogP contribution is -2.57. The van der Waals surface area contributed by atoms with Crippen molar-refractivity contribution in [1.82, 2.24) is 14.5 Å². The minimum atomic E-state index is -0.362. The number of fused-ring (bicyclic) bond motifs is 2. The Morgan fingerprint density at radius 2 is 2.04 bits per heavy atom. The van der Waals surface area contributed by atoms with Crippen LogP contribution in [0.3, 0.4) is 0 Å². The number of likely N-dealkylation sites (N-methyl/N-ethyl adjacent to an activating group) is 1. The summed E-state index contributed by atoms with van der Waals surface area (Å²) in [7, 11) is 3.74. The maximum absolute atomic E-state index is 15.0. The summed E-state index contributed by atoms with van der Waals surface area (Å²) in [5.41, 5.74) is 0.595. The van der Waals surface area contributed by atoms with Gasteiger partial charge in [0, 0.05) is 37.5 Å². The van der Waals surface area contributed by atoms with Gasteiger partial charge in [0.05, 0.1) is 26.9 Å². The van der Waals surface area contributed by atoms with Crippen LogP contribution in [-0.4, -0.2) is 52.4 Å². The van der Waals surface area contributed by atoms with Gasteiger partial charge in [0.1, 0.15) is 11.6 Å². The number of aryl methyl sites for hydroxylation is 1. The first kappa shape index (κ1) is 17.1. The maximum atomic E-state index is 15.0. The number of anilines is 1. The smallest absolute Gasteiger partial charge is 0.349 e. The van der Waals surface area contributed by atoms with Gasteiger partial charge in [-0.15, -0.1) is 11.8 Å². The molecule has 2 aliphatic heterocycles. The average Bonchev–Trinajstić information content (AvgIpc) is 2.71. The average molecular weight is 383 g/mol. The molecule has 8 heteroatoms. The van der Waals surface area contributed by atoms with Gasteiger partial charge in [0.15, 0.2) is 0 Å². The normalized spacial score (nSPS) is 23.7. The third-order valence-electron chi connectivity index (χ3n) is 5.42. The first-order valence-corrected chi connectivity index (χ1v) is 9.65. The standard InChI is InChI=1S/C17H20ClFN4OS/c1-8-5-23-10(6-21(8)3)7-25-15-11-14(12(18)9(2)13(15)19)22(4)17(24)20-16(11)23/h8,10H,5-7H2,1-4H3. The highest BCUT2D eigenvalue weighted by atomic mass is 35.5. The Hall–Kier alpha value is -1.31. The number of thioether (sulfide) groups is 1. The van der Waals surface area contributed by atoms with Gasteiger partial charge in [-0.05, 0) is 20.9 Å². The zero-order chi connectivity index (χ0) is 18.0. The summed E-state index contributed by atoms with van der Waals surface area (Å²) < 4.78 is 16.4. The Balaban J connectivity index is 2.09. The van der Waals surface area contributed by atoms with Crippen LogP contribution in [0.2, 0.25) is 5.02 Å². The summed E-state index contributed by atoms with van der Waals surface area (Å²) in [5.74, 6) is 1.02. The molecule has 134 valence electrons. The van der Waals surface area contributed by atoms with Crippen molar-refractivity contribution >= 4 is 40.1 Å². The van der Waals surface area contributed by atoms with Crippen LogP contribution in [0, 0.1) is 12.7 Å². The Labute approximate surface area is 154 Å². The second kappa shape index (κ2) is 5.86. The lowest BCUT2D eigenvalue weighted by atomic mass is 10.1. The molecule has 25 heavy (non-hydrogen) atoms. The van der Waals surface area contributed by atoms with E-state index < -0.39 is 0 Å². The molecule has 1 aromatic carbocycles. The zero-order valence-corrected chi connectivity index (χ0v) is 16.2. The van der Waals surface area contributed by atoms with E-state index in [0.29, 0.717) is 38.2 Å². The van der Waals surface area contributed by atoms with Crippen LogP contribution >= 0.6 is 23.4 Å². The van der Waals surface area contributed by atoms with E-state index in [1.54, 1.807) is 14.0 Å². The highest BCUT2D eigenvalue weighted by Gasteiger charge is 2.36. The monoisotopic (exact) mass is 382 g/mol. The molecule has 1 saturated heterocycles. The number of benzene rings is 1. The van der Waals surface area contributed by atoms with Crippen molar-refractivity contribution in [3.63, 3.8) is 0 Å². The minimum Gasteiger partial charge on any atom is -0.349 e. The summed E-state index contributed by atoms with van der Waals surface area (Å²) in [4.78, 5) is 21.8. The van der Waals surface area contributed by atoms with Gasteiger partial charge < -0.3 is 4.90 Å². The molecule has 4 rings (SSSR count). The third-order valence-corrected chi connectivity index (χ3v) is 7.11. The Morgan fingerprint density at radius 1 is 1.32 bits per heavy atom. The fraction of sp³-hybridized carbons (Fsp3) is 0.529. The molecular formula is C17H20ClFN4OS. The fourth-order valence-corrected chi connectivity index (χ4v) is 5.28. The number of nitrogens with zero attached hydrogens (tertiary/aromatic N) is 4. The van der Waals surface area contributed by atoms with Crippen molar-refractivity contribution in [1.29, 1.82) is 0 Å². The van der Waals surface area contributed by atoms with Crippen molar-refractivity contribution in [2.45, 2.75) is 30.8 Å². The molecule has 0 spiro atoms. The van der Waals surface area contributed by atoms with Crippen molar-refractivity contribution in [3.05, 3.63) is 26.9 Å². The predicted octanol–water partition coefficient (Wildman–Crippen LogP) is 2.65. The van der Waals surface area contributed by atoms with Crippen LogP contribution in [0.15, 0.2) is 9.69 Å². The number of hydrogen-bond donors (Lipinski definition) is 0. The molecular weight excluding hydrogens is 363 g/mol. The van der Waals surface area contributed by atoms with E-state index in [-0.39, 0.29) is 17.5 Å². The largest absolute Gasteiger partial charge is 0.349 e. The van der Waals surface area contributed by atoms with Gasteiger partial charge in [0.25, 0.3) is 0 Å². The van der Waals surface area contributed by atoms with E-state index in [9.17, 15) is 4.79 Å². The molecule has 1 aromatic heterocycles. The number of halogens is 2. The lowest BCUT2D eigenvalue weighted by molar-refractivity contribution is 0.207. The molecule has 0 radical (unpaired) electrons. The van der Waals surface area contributed by atoms with Crippen LogP contribution in [0.5, 0.6) is 0 Å². The Kier molecular flexibility index (Phi) is 4.01. The van der Waals surface area contributed by atoms with Crippen LogP contribution in [0.4, 0.5) is 10.2 Å². The van der Waals surface area contributed by atoms with Crippen LogP contribution in [0.25, 0.3) is 10.9 Å². The molecule has 1 fully saturated rings. The fourth-order valence-electron chi connectivity index (χ4n) is 3.72. The minimum absolute atomic E-state index is 0.180. The molecule has 0 saturated carbocycles. The maximum Gasteiger partial charge on any atom is 0.349 e. The quantitative estimate of drug-likeness (QED) is 0.700. The van der Waals surface area contributed by atoms with Gasteiger partial charge in [-0.3, -0.25) is 9.47 Å². The number of aromatic nitrogens is 2. The number of hydrogen-bond acceptors (Lipinski definition) is 5. The molecule has 0 bridgehead atoms. The summed E-state index contributed by atoms with van der Waals surface area (Å²) in [6, 6.07) is 0.509. The first-order valence-electron chi connectivity index (χ1n) is 8.29. The Bertz CT molecular complexity index is 947. The molecule has 3 heterocycles. The van der Waals surface area contributed by atoms with Gasteiger partial charge in [-0.25, -0.2) is 9.18 Å². The van der Waals surface area contributed by atoms with Crippen molar-refractivity contribution < 1.29 is 4.39 Å². The van der Waals surface area contributed by atoms with Gasteiger partial charge in [-0.2, -0.15) is 4.98 Å². The molecule has 2 aliphatic rings. The summed E-state index contributed by atoms with van der Waals surface area (Å²) in [6.45, 7) is 5.42. The van der Waals surface area contributed by atoms with E-state index in [1.807, 2.05) is 0 Å². The molecule has 0 N–H and O–H groups in total. The van der Waals surface area contributed by atoms with E-state index in [0.717, 1.165) is 18.8 Å². The lowest BCUT2D eigenvalue weighted by Gasteiger charge is -2.43. The van der Waals surface area contributed by atoms with Crippen LogP contribution < -0.4 is 10.6 Å². The van der Waals surface area contributed by atoms with Crippen molar-refractivity contribution in [2.75, 3.05) is 30.8 Å². The van der Waals surface area contributed by atoms with Crippen LogP contribution in [0.1, 0.15) is 12.5 Å². The summed E-state index contributed by atoms with van der Waals surface area (Å²) in [6.07, 6.45) is 0. The second-order valence-electron chi connectivity index (χ2n) is 6.99. The van der Waals surface area contributed by atoms with E-state index in [4.69, 9.17) is 11.6 Å². The van der Waals surface area contributed by atoms with E-state index >= 15 is 4.39 Å². The predicted molar refractivity (Wildman–Crippen MR) is 101 cm³/mol. The van der Waals surface area contributed by atoms with Gasteiger partial charge >= 0.3 is 5.69 Å². The number of rotatable bonds is 0. The number of piperazine rings is 1. The van der Waals surface area contributed by atoms with Gasteiger partial charge in [-0.1, -0.05) is 11.6 Å². The third kappa shape index (κ3) is 2.39. The second-order valence-corrected chi connectivity index (χ2v) is 8.40. The molecule has 2 atom stereocenters. The first-order chi connectivity index (χ1) is 11.8. The molecule has 0 aliphatic carbocycles. The molecule has 5 nitrogen and oxygen atoms in total. The SMILES string of the molecule is Cc1c(F)c2c3c(nc(=O)n(C)c3c1Cl)N1CC(C)N(C)CC1CS2. The Morgan fingerprint density at radius 3 is 2.76 bits per heavy atom. The zero-order valence-electron chi connectivity index (χ0n) is 14.6. The summed E-state index contributed by atoms with van der Waals surface area (Å²) >= 11 is 7.95. The van der Waals surface area contributed by atoms with E-state index in [2.05, 4.69) is 28.8 Å². The van der Waals surface area contributed by atoms with Crippen molar-refractivity contribution in [2.24, 2.45) is 7.05 Å². The molecule has 2 aromatic rings. The van der Waals surface area contributed by atoms with E-state index in [1.165, 1.54) is 16.3 Å². The molecule has 2 unspecified atom stereocenters.